The first kappa shape index (κ1) is 18.4. The van der Waals surface area contributed by atoms with E-state index in [2.05, 4.69) is 10.1 Å². The number of carbonyl (C=O) groups excluding carboxylic acids is 2. The van der Waals surface area contributed by atoms with E-state index < -0.39 is 23.4 Å². The number of benzene rings is 1. The van der Waals surface area contributed by atoms with Gasteiger partial charge in [0.25, 0.3) is 0 Å². The fraction of sp³-hybridized carbons (Fsp3) is 0.353. The lowest BCUT2D eigenvalue weighted by Crippen LogP contribution is -2.40. The van der Waals surface area contributed by atoms with Gasteiger partial charge < -0.3 is 15.2 Å². The Kier molecular flexibility index (Phi) is 6.07. The molecule has 0 aromatic heterocycles. The van der Waals surface area contributed by atoms with Crippen LogP contribution in [0.4, 0.5) is 0 Å². The summed E-state index contributed by atoms with van der Waals surface area (Å²) in [4.78, 5) is 34.9. The van der Waals surface area contributed by atoms with Gasteiger partial charge in [0.1, 0.15) is 0 Å². The van der Waals surface area contributed by atoms with Gasteiger partial charge in [-0.2, -0.15) is 0 Å². The van der Waals surface area contributed by atoms with E-state index in [0.717, 1.165) is 0 Å². The smallest absolute Gasteiger partial charge is 0.330 e. The van der Waals surface area contributed by atoms with Gasteiger partial charge in [0, 0.05) is 11.5 Å². The molecule has 0 aliphatic carbocycles. The van der Waals surface area contributed by atoms with Crippen LogP contribution >= 0.6 is 0 Å². The molecule has 23 heavy (non-hydrogen) atoms. The van der Waals surface area contributed by atoms with Crippen LogP contribution in [0, 0.1) is 5.41 Å². The van der Waals surface area contributed by atoms with Crippen LogP contribution < -0.4 is 5.32 Å². The number of methoxy groups -OCH3 is 1. The second-order valence-electron chi connectivity index (χ2n) is 5.98. The van der Waals surface area contributed by atoms with Crippen molar-refractivity contribution in [3.63, 3.8) is 0 Å². The average Bonchev–Trinajstić information content (AvgIpc) is 2.49. The van der Waals surface area contributed by atoms with Crippen molar-refractivity contribution in [1.29, 1.82) is 0 Å². The molecule has 1 rings (SSSR count). The van der Waals surface area contributed by atoms with Crippen LogP contribution in [-0.2, 0) is 19.1 Å². The topological polar surface area (TPSA) is 92.7 Å². The van der Waals surface area contributed by atoms with E-state index in [1.54, 1.807) is 45.0 Å². The molecule has 2 N–H and O–H groups in total. The van der Waals surface area contributed by atoms with Crippen molar-refractivity contribution in [3.8, 4) is 0 Å². The molecular weight excluding hydrogens is 298 g/mol. The molecule has 0 heterocycles. The molecule has 1 aromatic rings. The van der Waals surface area contributed by atoms with E-state index >= 15 is 0 Å². The van der Waals surface area contributed by atoms with Gasteiger partial charge in [-0.05, 0) is 17.2 Å². The Balaban J connectivity index is 3.18. The summed E-state index contributed by atoms with van der Waals surface area (Å²) in [5.41, 5.74) is 0.182. The van der Waals surface area contributed by atoms with Crippen molar-refractivity contribution < 1.29 is 24.2 Å². The molecule has 1 aromatic carbocycles. The molecule has 0 aliphatic heterocycles. The van der Waals surface area contributed by atoms with Crippen molar-refractivity contribution in [2.24, 2.45) is 5.41 Å². The zero-order chi connectivity index (χ0) is 17.6. The number of carboxylic acids is 1. The van der Waals surface area contributed by atoms with E-state index in [1.165, 1.54) is 19.3 Å². The predicted octanol–water partition coefficient (Wildman–Crippen LogP) is 2.16. The maximum atomic E-state index is 12.1. The molecular formula is C17H21NO5. The summed E-state index contributed by atoms with van der Waals surface area (Å²) in [6, 6.07) is 5.43. The lowest BCUT2D eigenvalue weighted by Gasteiger charge is -2.23. The number of amides is 1. The quantitative estimate of drug-likeness (QED) is 0.641. The van der Waals surface area contributed by atoms with Gasteiger partial charge in [0.05, 0.1) is 7.11 Å². The van der Waals surface area contributed by atoms with Gasteiger partial charge in [-0.25, -0.2) is 9.59 Å². The monoisotopic (exact) mass is 319 g/mol. The number of hydrogen-bond acceptors (Lipinski definition) is 4. The number of esters is 1. The fourth-order valence-electron chi connectivity index (χ4n) is 1.77. The van der Waals surface area contributed by atoms with Crippen LogP contribution in [0.1, 0.15) is 37.9 Å². The molecule has 0 radical (unpaired) electrons. The van der Waals surface area contributed by atoms with Gasteiger partial charge in [0.15, 0.2) is 6.04 Å². The summed E-state index contributed by atoms with van der Waals surface area (Å²) in [5.74, 6) is -2.11. The van der Waals surface area contributed by atoms with Gasteiger partial charge in [-0.1, -0.05) is 45.0 Å². The zero-order valence-electron chi connectivity index (χ0n) is 13.6. The normalized spacial score (nSPS) is 12.7. The number of carbonyl (C=O) groups is 3. The number of ether oxygens (including phenoxy) is 1. The zero-order valence-corrected chi connectivity index (χ0v) is 13.6. The number of nitrogens with one attached hydrogen (secondary N) is 1. The molecule has 0 spiro atoms. The summed E-state index contributed by atoms with van der Waals surface area (Å²) in [6.45, 7) is 5.10. The van der Waals surface area contributed by atoms with Crippen LogP contribution in [0.5, 0.6) is 0 Å². The lowest BCUT2D eigenvalue weighted by atomic mass is 9.93. The van der Waals surface area contributed by atoms with Gasteiger partial charge in [-0.3, -0.25) is 4.79 Å². The summed E-state index contributed by atoms with van der Waals surface area (Å²) in [5, 5.41) is 12.0. The molecule has 0 saturated heterocycles. The van der Waals surface area contributed by atoms with E-state index in [4.69, 9.17) is 0 Å². The van der Waals surface area contributed by atoms with Crippen LogP contribution in [0.3, 0.4) is 0 Å². The minimum atomic E-state index is -1.21. The highest BCUT2D eigenvalue weighted by Gasteiger charge is 2.29. The summed E-state index contributed by atoms with van der Waals surface area (Å²) < 4.78 is 4.52. The average molecular weight is 319 g/mol. The number of carboxylic acid groups (broad SMARTS) is 1. The summed E-state index contributed by atoms with van der Waals surface area (Å²) in [7, 11) is 1.25. The molecule has 1 atom stereocenters. The SMILES string of the molecule is COC(=O)/C=C/c1ccccc1[C@H](NC(=O)C(C)(C)C)C(=O)O. The maximum absolute atomic E-state index is 12.1. The van der Waals surface area contributed by atoms with E-state index in [9.17, 15) is 19.5 Å². The highest BCUT2D eigenvalue weighted by Crippen LogP contribution is 2.22. The molecule has 6 heteroatoms. The molecule has 124 valence electrons. The Morgan fingerprint density at radius 3 is 2.35 bits per heavy atom. The highest BCUT2D eigenvalue weighted by molar-refractivity contribution is 5.90. The van der Waals surface area contributed by atoms with Crippen molar-refractivity contribution in [2.75, 3.05) is 7.11 Å². The summed E-state index contributed by atoms with van der Waals surface area (Å²) >= 11 is 0. The van der Waals surface area contributed by atoms with Gasteiger partial charge >= 0.3 is 11.9 Å². The summed E-state index contributed by atoms with van der Waals surface area (Å²) in [6.07, 6.45) is 2.66. The molecule has 6 nitrogen and oxygen atoms in total. The Bertz CT molecular complexity index is 628. The third-order valence-corrected chi connectivity index (χ3v) is 3.11. The van der Waals surface area contributed by atoms with Crippen LogP contribution in [0.25, 0.3) is 6.08 Å². The number of rotatable bonds is 5. The van der Waals surface area contributed by atoms with Crippen molar-refractivity contribution in [3.05, 3.63) is 41.5 Å². The van der Waals surface area contributed by atoms with Crippen LogP contribution in [0.2, 0.25) is 0 Å². The molecule has 0 bridgehead atoms. The number of hydrogen-bond donors (Lipinski definition) is 2. The Hall–Kier alpha value is -2.63. The van der Waals surface area contributed by atoms with E-state index in [0.29, 0.717) is 11.1 Å². The largest absolute Gasteiger partial charge is 0.479 e. The van der Waals surface area contributed by atoms with Crippen molar-refractivity contribution >= 4 is 23.9 Å². The van der Waals surface area contributed by atoms with Gasteiger partial charge in [-0.15, -0.1) is 0 Å². The minimum absolute atomic E-state index is 0.378. The maximum Gasteiger partial charge on any atom is 0.330 e. The fourth-order valence-corrected chi connectivity index (χ4v) is 1.77. The molecule has 1 amide bonds. The Labute approximate surface area is 135 Å². The minimum Gasteiger partial charge on any atom is -0.479 e. The lowest BCUT2D eigenvalue weighted by molar-refractivity contribution is -0.143. The second-order valence-corrected chi connectivity index (χ2v) is 5.98. The first-order valence-electron chi connectivity index (χ1n) is 7.05. The molecule has 0 unspecified atom stereocenters. The second kappa shape index (κ2) is 7.58. The first-order valence-corrected chi connectivity index (χ1v) is 7.05. The van der Waals surface area contributed by atoms with Gasteiger partial charge in [0.2, 0.25) is 5.91 Å². The predicted molar refractivity (Wildman–Crippen MR) is 85.5 cm³/mol. The van der Waals surface area contributed by atoms with Crippen molar-refractivity contribution in [1.82, 2.24) is 5.32 Å². The Morgan fingerprint density at radius 1 is 1.22 bits per heavy atom. The van der Waals surface area contributed by atoms with E-state index in [1.807, 2.05) is 0 Å². The van der Waals surface area contributed by atoms with Crippen molar-refractivity contribution in [2.45, 2.75) is 26.8 Å². The standard InChI is InChI=1S/C17H21NO5/c1-17(2,3)16(22)18-14(15(20)21)12-8-6-5-7-11(12)9-10-13(19)23-4/h5-10,14H,1-4H3,(H,18,22)(H,20,21)/b10-9+/t14-/m0/s1. The van der Waals surface area contributed by atoms with Crippen LogP contribution in [0.15, 0.2) is 30.3 Å². The van der Waals surface area contributed by atoms with Crippen LogP contribution in [-0.4, -0.2) is 30.1 Å². The third kappa shape index (κ3) is 5.25. The third-order valence-electron chi connectivity index (χ3n) is 3.11. The highest BCUT2D eigenvalue weighted by atomic mass is 16.5. The Morgan fingerprint density at radius 2 is 1.83 bits per heavy atom. The first-order chi connectivity index (χ1) is 10.7. The number of aliphatic carboxylic acids is 1. The van der Waals surface area contributed by atoms with E-state index in [-0.39, 0.29) is 5.91 Å². The molecule has 0 saturated carbocycles. The molecule has 0 aliphatic rings. The molecule has 0 fully saturated rings.